The van der Waals surface area contributed by atoms with Crippen molar-refractivity contribution in [2.45, 2.75) is 0 Å². The zero-order chi connectivity index (χ0) is 12.9. The summed E-state index contributed by atoms with van der Waals surface area (Å²) in [6, 6.07) is 2.30. The van der Waals surface area contributed by atoms with Crippen molar-refractivity contribution in [3.63, 3.8) is 0 Å². The molecular weight excluding hydrogens is 242 g/mol. The molecule has 0 bridgehead atoms. The van der Waals surface area contributed by atoms with E-state index in [0.717, 1.165) is 25.2 Å². The van der Waals surface area contributed by atoms with Crippen LogP contribution in [-0.2, 0) is 4.74 Å². The highest BCUT2D eigenvalue weighted by molar-refractivity contribution is 5.93. The quantitative estimate of drug-likeness (QED) is 0.853. The molecule has 1 spiro atoms. The van der Waals surface area contributed by atoms with E-state index in [-0.39, 0.29) is 5.41 Å². The van der Waals surface area contributed by atoms with Crippen molar-refractivity contribution >= 4 is 11.6 Å². The van der Waals surface area contributed by atoms with Crippen molar-refractivity contribution in [3.8, 4) is 0 Å². The number of halogens is 2. The topological polar surface area (TPSA) is 55.6 Å². The SMILES string of the molecule is NC(=O)c1c(F)cc(N2CC3(COC3)C2)cc1F. The second kappa shape index (κ2) is 3.65. The highest BCUT2D eigenvalue weighted by Crippen LogP contribution is 2.40. The van der Waals surface area contributed by atoms with E-state index in [1.165, 1.54) is 0 Å². The molecule has 4 nitrogen and oxygen atoms in total. The van der Waals surface area contributed by atoms with Gasteiger partial charge in [-0.05, 0) is 12.1 Å². The Morgan fingerprint density at radius 2 is 1.83 bits per heavy atom. The molecule has 0 saturated carbocycles. The molecule has 2 aliphatic heterocycles. The molecule has 1 aromatic carbocycles. The number of hydrogen-bond acceptors (Lipinski definition) is 3. The number of nitrogens with zero attached hydrogens (tertiary/aromatic N) is 1. The molecule has 2 saturated heterocycles. The van der Waals surface area contributed by atoms with Crippen LogP contribution < -0.4 is 10.6 Å². The summed E-state index contributed by atoms with van der Waals surface area (Å²) >= 11 is 0. The lowest BCUT2D eigenvalue weighted by Crippen LogP contribution is -2.66. The summed E-state index contributed by atoms with van der Waals surface area (Å²) in [5, 5.41) is 0. The fourth-order valence-electron chi connectivity index (χ4n) is 2.50. The third-order valence-electron chi connectivity index (χ3n) is 3.51. The van der Waals surface area contributed by atoms with E-state index in [1.807, 2.05) is 4.90 Å². The Hall–Kier alpha value is -1.69. The van der Waals surface area contributed by atoms with Crippen molar-refractivity contribution in [2.75, 3.05) is 31.2 Å². The number of carbonyl (C=O) groups excluding carboxylic acids is 1. The molecule has 6 heteroatoms. The third-order valence-corrected chi connectivity index (χ3v) is 3.51. The molecule has 0 radical (unpaired) electrons. The average molecular weight is 254 g/mol. The van der Waals surface area contributed by atoms with Gasteiger partial charge in [0.15, 0.2) is 0 Å². The second-order valence-electron chi connectivity index (χ2n) is 5.00. The third kappa shape index (κ3) is 1.56. The average Bonchev–Trinajstić information content (AvgIpc) is 2.10. The van der Waals surface area contributed by atoms with E-state index in [1.54, 1.807) is 0 Å². The van der Waals surface area contributed by atoms with Crippen molar-refractivity contribution in [2.24, 2.45) is 11.1 Å². The van der Waals surface area contributed by atoms with Crippen LogP contribution in [-0.4, -0.2) is 32.2 Å². The van der Waals surface area contributed by atoms with E-state index >= 15 is 0 Å². The lowest BCUT2D eigenvalue weighted by atomic mass is 9.78. The maximum atomic E-state index is 13.6. The molecule has 0 unspecified atom stereocenters. The van der Waals surface area contributed by atoms with Crippen LogP contribution in [0, 0.1) is 17.0 Å². The first-order chi connectivity index (χ1) is 8.51. The zero-order valence-corrected chi connectivity index (χ0v) is 9.58. The molecule has 1 aromatic rings. The number of ether oxygens (including phenoxy) is 1. The molecule has 2 N–H and O–H groups in total. The fourth-order valence-corrected chi connectivity index (χ4v) is 2.50. The maximum Gasteiger partial charge on any atom is 0.254 e. The Balaban J connectivity index is 1.84. The number of primary amides is 1. The molecule has 18 heavy (non-hydrogen) atoms. The van der Waals surface area contributed by atoms with Crippen LogP contribution in [0.25, 0.3) is 0 Å². The van der Waals surface area contributed by atoms with Gasteiger partial charge in [0, 0.05) is 18.8 Å². The van der Waals surface area contributed by atoms with Crippen LogP contribution in [0.3, 0.4) is 0 Å². The number of benzene rings is 1. The Morgan fingerprint density at radius 1 is 1.28 bits per heavy atom. The largest absolute Gasteiger partial charge is 0.380 e. The van der Waals surface area contributed by atoms with Gasteiger partial charge >= 0.3 is 0 Å². The minimum Gasteiger partial charge on any atom is -0.380 e. The van der Waals surface area contributed by atoms with Gasteiger partial charge in [0.1, 0.15) is 17.2 Å². The maximum absolute atomic E-state index is 13.6. The predicted molar refractivity (Wildman–Crippen MR) is 60.3 cm³/mol. The summed E-state index contributed by atoms with van der Waals surface area (Å²) in [6.07, 6.45) is 0. The van der Waals surface area contributed by atoms with Crippen LogP contribution in [0.15, 0.2) is 12.1 Å². The van der Waals surface area contributed by atoms with Gasteiger partial charge in [-0.15, -0.1) is 0 Å². The summed E-state index contributed by atoms with van der Waals surface area (Å²) in [6.45, 7) is 2.85. The highest BCUT2D eigenvalue weighted by atomic mass is 19.1. The number of rotatable bonds is 2. The van der Waals surface area contributed by atoms with E-state index in [4.69, 9.17) is 10.5 Å². The Kier molecular flexibility index (Phi) is 2.31. The summed E-state index contributed by atoms with van der Waals surface area (Å²) < 4.78 is 32.3. The van der Waals surface area contributed by atoms with Gasteiger partial charge < -0.3 is 15.4 Å². The molecule has 1 amide bonds. The molecule has 0 aromatic heterocycles. The molecule has 2 heterocycles. The first-order valence-corrected chi connectivity index (χ1v) is 5.62. The van der Waals surface area contributed by atoms with Gasteiger partial charge in [0.2, 0.25) is 0 Å². The van der Waals surface area contributed by atoms with Gasteiger partial charge in [0.25, 0.3) is 5.91 Å². The lowest BCUT2D eigenvalue weighted by Gasteiger charge is -2.56. The second-order valence-corrected chi connectivity index (χ2v) is 5.00. The van der Waals surface area contributed by atoms with Gasteiger partial charge in [-0.25, -0.2) is 8.78 Å². The number of anilines is 1. The first kappa shape index (κ1) is 11.4. The number of amides is 1. The van der Waals surface area contributed by atoms with Crippen molar-refractivity contribution < 1.29 is 18.3 Å². The van der Waals surface area contributed by atoms with Crippen molar-refractivity contribution in [1.82, 2.24) is 0 Å². The molecule has 0 aliphatic carbocycles. The zero-order valence-electron chi connectivity index (χ0n) is 9.58. The van der Waals surface area contributed by atoms with Gasteiger partial charge in [-0.2, -0.15) is 0 Å². The van der Waals surface area contributed by atoms with E-state index in [0.29, 0.717) is 18.9 Å². The van der Waals surface area contributed by atoms with E-state index in [2.05, 4.69) is 0 Å². The monoisotopic (exact) mass is 254 g/mol. The summed E-state index contributed by atoms with van der Waals surface area (Å²) in [4.78, 5) is 12.7. The highest BCUT2D eigenvalue weighted by Gasteiger charge is 2.49. The Bertz CT molecular complexity index is 498. The molecular formula is C12H12F2N2O2. The van der Waals surface area contributed by atoms with Crippen molar-refractivity contribution in [1.29, 1.82) is 0 Å². The lowest BCUT2D eigenvalue weighted by molar-refractivity contribution is -0.127. The Labute approximate surface area is 102 Å². The smallest absolute Gasteiger partial charge is 0.254 e. The minimum absolute atomic E-state index is 0.162. The van der Waals surface area contributed by atoms with E-state index < -0.39 is 23.1 Å². The molecule has 96 valence electrons. The van der Waals surface area contributed by atoms with Crippen LogP contribution in [0.5, 0.6) is 0 Å². The van der Waals surface area contributed by atoms with Gasteiger partial charge in [-0.1, -0.05) is 0 Å². The molecule has 0 atom stereocenters. The van der Waals surface area contributed by atoms with E-state index in [9.17, 15) is 13.6 Å². The van der Waals surface area contributed by atoms with Crippen LogP contribution in [0.2, 0.25) is 0 Å². The molecule has 3 rings (SSSR count). The predicted octanol–water partition coefficient (Wildman–Crippen LogP) is 0.900. The number of carbonyl (C=O) groups is 1. The summed E-state index contributed by atoms with van der Waals surface area (Å²) in [5.41, 5.74) is 4.83. The minimum atomic E-state index is -1.09. The van der Waals surface area contributed by atoms with Crippen LogP contribution in [0.4, 0.5) is 14.5 Å². The summed E-state index contributed by atoms with van der Waals surface area (Å²) in [5.74, 6) is -2.92. The van der Waals surface area contributed by atoms with Gasteiger partial charge in [-0.3, -0.25) is 4.79 Å². The number of hydrogen-bond donors (Lipinski definition) is 1. The van der Waals surface area contributed by atoms with Crippen LogP contribution >= 0.6 is 0 Å². The van der Waals surface area contributed by atoms with Crippen LogP contribution in [0.1, 0.15) is 10.4 Å². The van der Waals surface area contributed by atoms with Gasteiger partial charge in [0.05, 0.1) is 18.6 Å². The normalized spacial score (nSPS) is 20.4. The van der Waals surface area contributed by atoms with Crippen molar-refractivity contribution in [3.05, 3.63) is 29.3 Å². The number of nitrogens with two attached hydrogens (primary N) is 1. The first-order valence-electron chi connectivity index (χ1n) is 5.62. The molecule has 2 fully saturated rings. The summed E-state index contributed by atoms with van der Waals surface area (Å²) in [7, 11) is 0. The Morgan fingerprint density at radius 3 is 2.22 bits per heavy atom. The standard InChI is InChI=1S/C12H12F2N2O2/c13-8-1-7(2-9(14)10(8)11(15)17)16-3-12(4-16)5-18-6-12/h1-2H,3-6H2,(H2,15,17). The molecule has 2 aliphatic rings. The fraction of sp³-hybridized carbons (Fsp3) is 0.417.